The Morgan fingerprint density at radius 2 is 1.43 bits per heavy atom. The molecule has 0 amide bonds. The zero-order valence-electron chi connectivity index (χ0n) is 16.8. The molecule has 4 aliphatic rings. The van der Waals surface area contributed by atoms with E-state index in [1.807, 2.05) is 12.1 Å². The van der Waals surface area contributed by atoms with Crippen LogP contribution in [0, 0.1) is 25.2 Å². The molecule has 5 rings (SSSR count). The van der Waals surface area contributed by atoms with E-state index in [9.17, 15) is 4.79 Å². The molecule has 4 atom stereocenters. The maximum absolute atomic E-state index is 14.2. The number of epoxide rings is 4. The first-order chi connectivity index (χ1) is 13.5. The molecule has 4 unspecified atom stereocenters. The van der Waals surface area contributed by atoms with Crippen LogP contribution in [0.25, 0.3) is 0 Å². The van der Waals surface area contributed by atoms with Gasteiger partial charge in [0, 0.05) is 11.0 Å². The molecule has 5 nitrogen and oxygen atoms in total. The zero-order valence-corrected chi connectivity index (χ0v) is 16.8. The number of Topliss-reactive ketones (excluding diaryl/α,β-unsaturated/α-hetero) is 1. The minimum absolute atomic E-state index is 0.190. The van der Waals surface area contributed by atoms with Crippen molar-refractivity contribution in [1.82, 2.24) is 0 Å². The van der Waals surface area contributed by atoms with E-state index < -0.39 is 5.41 Å². The van der Waals surface area contributed by atoms with Gasteiger partial charge in [-0.3, -0.25) is 4.79 Å². The molecule has 5 heteroatoms. The molecular formula is C23H30O5. The van der Waals surface area contributed by atoms with Gasteiger partial charge in [0.1, 0.15) is 0 Å². The summed E-state index contributed by atoms with van der Waals surface area (Å²) >= 11 is 0. The molecule has 1 aromatic carbocycles. The summed E-state index contributed by atoms with van der Waals surface area (Å²) in [6.45, 7) is 7.30. The summed E-state index contributed by atoms with van der Waals surface area (Å²) in [7, 11) is 0. The predicted molar refractivity (Wildman–Crippen MR) is 104 cm³/mol. The maximum atomic E-state index is 14.2. The van der Waals surface area contributed by atoms with E-state index >= 15 is 0 Å². The monoisotopic (exact) mass is 386 g/mol. The molecule has 0 aliphatic carbocycles. The number of aryl methyl sites for hydroxylation is 1. The van der Waals surface area contributed by atoms with Crippen molar-refractivity contribution in [2.75, 3.05) is 26.4 Å². The van der Waals surface area contributed by atoms with Gasteiger partial charge >= 0.3 is 0 Å². The summed E-state index contributed by atoms with van der Waals surface area (Å²) in [5.41, 5.74) is 2.64. The average Bonchev–Trinajstić information content (AvgIpc) is 3.52. The van der Waals surface area contributed by atoms with Gasteiger partial charge in [-0.05, 0) is 56.6 Å². The summed E-state index contributed by atoms with van der Waals surface area (Å²) in [6, 6.07) is 6.08. The molecule has 28 heavy (non-hydrogen) atoms. The Balaban J connectivity index is 1.54. The van der Waals surface area contributed by atoms with Gasteiger partial charge in [-0.15, -0.1) is 0 Å². The first-order valence-corrected chi connectivity index (χ1v) is 10.6. The maximum Gasteiger partial charge on any atom is 0.169 e. The molecule has 4 heterocycles. The zero-order chi connectivity index (χ0) is 19.3. The van der Waals surface area contributed by atoms with Crippen LogP contribution in [0.3, 0.4) is 0 Å². The number of hydrogen-bond acceptors (Lipinski definition) is 5. The minimum Gasteiger partial charge on any atom is -0.373 e. The summed E-state index contributed by atoms with van der Waals surface area (Å²) in [5, 5.41) is 0. The third kappa shape index (κ3) is 4.04. The molecule has 0 saturated carbocycles. The normalized spacial score (nSPS) is 33.1. The van der Waals surface area contributed by atoms with Crippen molar-refractivity contribution in [2.24, 2.45) is 11.3 Å². The Morgan fingerprint density at radius 1 is 0.929 bits per heavy atom. The van der Waals surface area contributed by atoms with E-state index in [0.29, 0.717) is 0 Å². The van der Waals surface area contributed by atoms with Crippen LogP contribution in [-0.2, 0) is 18.9 Å². The van der Waals surface area contributed by atoms with Crippen LogP contribution in [0.2, 0.25) is 0 Å². The van der Waals surface area contributed by atoms with E-state index in [1.165, 1.54) is 0 Å². The number of hydrogen-bond donors (Lipinski definition) is 0. The highest BCUT2D eigenvalue weighted by molar-refractivity contribution is 6.02. The van der Waals surface area contributed by atoms with Crippen LogP contribution in [-0.4, -0.2) is 56.6 Å². The van der Waals surface area contributed by atoms with Crippen molar-refractivity contribution in [3.63, 3.8) is 0 Å². The van der Waals surface area contributed by atoms with Crippen LogP contribution < -0.4 is 0 Å². The van der Waals surface area contributed by atoms with Crippen molar-refractivity contribution in [3.05, 3.63) is 34.9 Å². The molecule has 0 radical (unpaired) electrons. The Bertz CT molecular complexity index is 715. The lowest BCUT2D eigenvalue weighted by atomic mass is 9.61. The molecule has 0 bridgehead atoms. The minimum atomic E-state index is -0.473. The summed E-state index contributed by atoms with van der Waals surface area (Å²) < 4.78 is 22.5. The van der Waals surface area contributed by atoms with Gasteiger partial charge in [0.05, 0.1) is 50.8 Å². The molecule has 0 aromatic heterocycles. The number of ether oxygens (including phenoxy) is 4. The molecule has 4 aliphatic heterocycles. The summed E-state index contributed by atoms with van der Waals surface area (Å²) in [6.07, 6.45) is 4.37. The number of ketones is 1. The van der Waals surface area contributed by atoms with E-state index in [4.69, 9.17) is 18.9 Å². The topological polar surface area (TPSA) is 67.2 Å². The Kier molecular flexibility index (Phi) is 4.82. The highest BCUT2D eigenvalue weighted by atomic mass is 16.6. The fourth-order valence-electron chi connectivity index (χ4n) is 4.83. The largest absolute Gasteiger partial charge is 0.373 e. The van der Waals surface area contributed by atoms with Crippen LogP contribution in [0.5, 0.6) is 0 Å². The molecular weight excluding hydrogens is 356 g/mol. The lowest BCUT2D eigenvalue weighted by Crippen LogP contribution is -2.43. The number of benzene rings is 1. The number of rotatable bonds is 11. The van der Waals surface area contributed by atoms with Crippen LogP contribution in [0.15, 0.2) is 18.2 Å². The van der Waals surface area contributed by atoms with Crippen molar-refractivity contribution in [1.29, 1.82) is 0 Å². The van der Waals surface area contributed by atoms with Gasteiger partial charge in [-0.2, -0.15) is 0 Å². The second kappa shape index (κ2) is 7.21. The lowest BCUT2D eigenvalue weighted by molar-refractivity contribution is 0.0468. The average molecular weight is 386 g/mol. The van der Waals surface area contributed by atoms with Crippen molar-refractivity contribution in [2.45, 2.75) is 63.9 Å². The van der Waals surface area contributed by atoms with Crippen LogP contribution in [0.1, 0.15) is 47.2 Å². The van der Waals surface area contributed by atoms with Gasteiger partial charge in [-0.25, -0.2) is 0 Å². The summed E-state index contributed by atoms with van der Waals surface area (Å²) in [5.74, 6) is 0.499. The van der Waals surface area contributed by atoms with E-state index in [1.54, 1.807) is 0 Å². The predicted octanol–water partition coefficient (Wildman–Crippen LogP) is 3.24. The smallest absolute Gasteiger partial charge is 0.169 e. The third-order valence-corrected chi connectivity index (χ3v) is 6.97. The Hall–Kier alpha value is -1.27. The molecule has 0 N–H and O–H groups in total. The Morgan fingerprint density at radius 3 is 1.89 bits per heavy atom. The standard InChI is InChI=1S/C23H30O5/c1-14-4-3-5-21(15(14)2)22(24)23(8-19-12-27-19,9-20-13-28-20)16(6-17-10-25-17)7-18-11-26-18/h3-5,16-20H,6-13H2,1-2H3. The lowest BCUT2D eigenvalue weighted by Gasteiger charge is -2.40. The van der Waals surface area contributed by atoms with Gasteiger partial charge in [-0.1, -0.05) is 18.2 Å². The van der Waals surface area contributed by atoms with Gasteiger partial charge < -0.3 is 18.9 Å². The van der Waals surface area contributed by atoms with Gasteiger partial charge in [0.15, 0.2) is 5.78 Å². The van der Waals surface area contributed by atoms with Gasteiger partial charge in [0.2, 0.25) is 0 Å². The molecule has 4 saturated heterocycles. The van der Waals surface area contributed by atoms with Crippen LogP contribution >= 0.6 is 0 Å². The number of carbonyl (C=O) groups is 1. The quantitative estimate of drug-likeness (QED) is 0.431. The first-order valence-electron chi connectivity index (χ1n) is 10.6. The van der Waals surface area contributed by atoms with Crippen molar-refractivity contribution < 1.29 is 23.7 Å². The molecule has 0 spiro atoms. The van der Waals surface area contributed by atoms with Gasteiger partial charge in [0.25, 0.3) is 0 Å². The van der Waals surface area contributed by atoms with E-state index in [0.717, 1.165) is 68.8 Å². The highest BCUT2D eigenvalue weighted by Gasteiger charge is 2.54. The van der Waals surface area contributed by atoms with Crippen molar-refractivity contribution in [3.8, 4) is 0 Å². The molecule has 152 valence electrons. The Labute approximate surface area is 166 Å². The fourth-order valence-corrected chi connectivity index (χ4v) is 4.83. The number of carbonyl (C=O) groups excluding carboxylic acids is 1. The first kappa shape index (κ1) is 18.7. The second-order valence-corrected chi connectivity index (χ2v) is 9.13. The third-order valence-electron chi connectivity index (χ3n) is 6.97. The fraction of sp³-hybridized carbons (Fsp3) is 0.696. The second-order valence-electron chi connectivity index (χ2n) is 9.13. The molecule has 4 fully saturated rings. The van der Waals surface area contributed by atoms with E-state index in [-0.39, 0.29) is 36.1 Å². The van der Waals surface area contributed by atoms with Crippen LogP contribution in [0.4, 0.5) is 0 Å². The SMILES string of the molecule is Cc1cccc(C(=O)C(CC2CO2)(CC2CO2)C(CC2CO2)CC2CO2)c1C. The van der Waals surface area contributed by atoms with E-state index in [2.05, 4.69) is 19.9 Å². The highest BCUT2D eigenvalue weighted by Crippen LogP contribution is 2.51. The van der Waals surface area contributed by atoms with Crippen molar-refractivity contribution >= 4 is 5.78 Å². The molecule has 1 aromatic rings. The summed E-state index contributed by atoms with van der Waals surface area (Å²) in [4.78, 5) is 14.2.